The second-order valence-corrected chi connectivity index (χ2v) is 11.7. The number of hydrogen-bond acceptors (Lipinski definition) is 8. The van der Waals surface area contributed by atoms with Crippen molar-refractivity contribution >= 4 is 18.0 Å². The van der Waals surface area contributed by atoms with Gasteiger partial charge in [0.25, 0.3) is 0 Å². The number of carbonyl (C=O) groups excluding carboxylic acids is 2. The molecule has 1 fully saturated rings. The Hall–Kier alpha value is -4.55. The molecule has 0 radical (unpaired) electrons. The number of carbonyl (C=O) groups is 2. The molecular weight excluding hydrogens is 591 g/mol. The lowest BCUT2D eigenvalue weighted by Crippen LogP contribution is -2.47. The van der Waals surface area contributed by atoms with Crippen LogP contribution in [0.4, 0.5) is 28.6 Å². The molecule has 1 aliphatic rings. The summed E-state index contributed by atoms with van der Waals surface area (Å²) in [6.45, 7) is 8.12. The molecule has 1 atom stereocenters. The van der Waals surface area contributed by atoms with Crippen LogP contribution in [-0.4, -0.2) is 59.1 Å². The van der Waals surface area contributed by atoms with Crippen molar-refractivity contribution in [2.45, 2.75) is 71.5 Å². The van der Waals surface area contributed by atoms with Crippen LogP contribution in [-0.2, 0) is 28.8 Å². The van der Waals surface area contributed by atoms with Gasteiger partial charge in [-0.05, 0) is 69.9 Å². The second-order valence-electron chi connectivity index (χ2n) is 11.7. The highest BCUT2D eigenvalue weighted by Crippen LogP contribution is 2.38. The first kappa shape index (κ1) is 33.3. The quantitative estimate of drug-likeness (QED) is 0.282. The van der Waals surface area contributed by atoms with Crippen LogP contribution in [0.15, 0.2) is 48.5 Å². The number of aromatic nitrogens is 2. The van der Waals surface area contributed by atoms with Crippen LogP contribution >= 0.6 is 0 Å². The molecule has 0 aliphatic carbocycles. The average Bonchev–Trinajstić information content (AvgIpc) is 2.99. The average molecular weight is 630 g/mol. The van der Waals surface area contributed by atoms with Crippen molar-refractivity contribution < 1.29 is 37.0 Å². The molecule has 2 amide bonds. The van der Waals surface area contributed by atoms with Gasteiger partial charge in [-0.25, -0.2) is 9.59 Å². The van der Waals surface area contributed by atoms with Gasteiger partial charge in [-0.15, -0.1) is 10.2 Å². The van der Waals surface area contributed by atoms with Crippen LogP contribution in [0.25, 0.3) is 11.3 Å². The summed E-state index contributed by atoms with van der Waals surface area (Å²) in [7, 11) is 1.28. The summed E-state index contributed by atoms with van der Waals surface area (Å²) in [6, 6.07) is 12.2. The molecule has 1 aliphatic heterocycles. The van der Waals surface area contributed by atoms with Crippen LogP contribution in [0.3, 0.4) is 0 Å². The number of hydrogen-bond donors (Lipinski definition) is 2. The van der Waals surface area contributed by atoms with E-state index < -0.39 is 29.5 Å². The predicted molar refractivity (Wildman–Crippen MR) is 162 cm³/mol. The van der Waals surface area contributed by atoms with Crippen molar-refractivity contribution in [3.63, 3.8) is 0 Å². The number of alkyl halides is 3. The lowest BCUT2D eigenvalue weighted by molar-refractivity contribution is -0.137. The van der Waals surface area contributed by atoms with E-state index in [4.69, 9.17) is 14.2 Å². The molecular formula is C32H38F3N5O5. The Labute approximate surface area is 260 Å². The van der Waals surface area contributed by atoms with E-state index >= 15 is 0 Å². The third kappa shape index (κ3) is 8.99. The van der Waals surface area contributed by atoms with Crippen molar-refractivity contribution in [2.24, 2.45) is 0 Å². The molecule has 242 valence electrons. The number of methoxy groups -OCH3 is 1. The minimum atomic E-state index is -4.55. The maximum Gasteiger partial charge on any atom is 0.416 e. The van der Waals surface area contributed by atoms with E-state index in [1.54, 1.807) is 32.6 Å². The third-order valence-corrected chi connectivity index (χ3v) is 7.16. The molecule has 45 heavy (non-hydrogen) atoms. The van der Waals surface area contributed by atoms with Gasteiger partial charge in [0.2, 0.25) is 0 Å². The summed E-state index contributed by atoms with van der Waals surface area (Å²) in [4.78, 5) is 27.0. The summed E-state index contributed by atoms with van der Waals surface area (Å²) in [5.41, 5.74) is 1.04. The fourth-order valence-corrected chi connectivity index (χ4v) is 4.92. The zero-order chi connectivity index (χ0) is 32.8. The summed E-state index contributed by atoms with van der Waals surface area (Å²) in [5, 5.41) is 14.9. The number of benzene rings is 2. The lowest BCUT2D eigenvalue weighted by Gasteiger charge is -2.35. The van der Waals surface area contributed by atoms with E-state index in [2.05, 4.69) is 20.8 Å². The summed E-state index contributed by atoms with van der Waals surface area (Å²) < 4.78 is 56.4. The van der Waals surface area contributed by atoms with E-state index in [1.807, 2.05) is 30.3 Å². The number of piperidine rings is 1. The Morgan fingerprint density at radius 2 is 1.80 bits per heavy atom. The van der Waals surface area contributed by atoms with Crippen LogP contribution in [0.5, 0.6) is 5.75 Å². The van der Waals surface area contributed by atoms with Crippen molar-refractivity contribution in [1.29, 1.82) is 0 Å². The van der Waals surface area contributed by atoms with Gasteiger partial charge in [0.15, 0.2) is 5.82 Å². The lowest BCUT2D eigenvalue weighted by atomic mass is 9.99. The van der Waals surface area contributed by atoms with Crippen LogP contribution in [0.1, 0.15) is 55.9 Å². The molecule has 4 rings (SSSR count). The molecule has 3 aromatic rings. The van der Waals surface area contributed by atoms with E-state index in [0.29, 0.717) is 41.3 Å². The Morgan fingerprint density at radius 1 is 1.07 bits per heavy atom. The number of amides is 2. The first-order valence-corrected chi connectivity index (χ1v) is 14.6. The number of nitrogens with zero attached hydrogens (tertiary/aromatic N) is 3. The van der Waals surface area contributed by atoms with Gasteiger partial charge < -0.3 is 29.7 Å². The standard InChI is InChI=1S/C32H38F3N5O5/c1-20-25(17-36-29(41)44-19-21-10-7-6-8-11-21)28(37-23-12-9-15-40(18-23)30(42)45-31(2,3)4)39-38-27(20)24-14-13-22(32(33,34)35)16-26(24)43-5/h6-8,10-11,13-14,16,23H,9,12,15,17-19H2,1-5H3,(H,36,41)(H,37,39)/t23-/m1/s1. The van der Waals surface area contributed by atoms with Gasteiger partial charge >= 0.3 is 18.4 Å². The molecule has 0 spiro atoms. The van der Waals surface area contributed by atoms with Gasteiger partial charge in [0.1, 0.15) is 23.7 Å². The Kier molecular flexibility index (Phi) is 10.4. The van der Waals surface area contributed by atoms with Gasteiger partial charge in [0, 0.05) is 30.3 Å². The molecule has 1 aromatic heterocycles. The largest absolute Gasteiger partial charge is 0.496 e. The normalized spacial score (nSPS) is 15.3. The molecule has 2 heterocycles. The molecule has 2 aromatic carbocycles. The van der Waals surface area contributed by atoms with Gasteiger partial charge in [-0.1, -0.05) is 30.3 Å². The van der Waals surface area contributed by atoms with Gasteiger partial charge in [-0.2, -0.15) is 13.2 Å². The molecule has 0 saturated carbocycles. The number of halogens is 3. The van der Waals surface area contributed by atoms with Crippen molar-refractivity contribution in [1.82, 2.24) is 20.4 Å². The molecule has 10 nitrogen and oxygen atoms in total. The third-order valence-electron chi connectivity index (χ3n) is 7.16. The minimum Gasteiger partial charge on any atom is -0.496 e. The van der Waals surface area contributed by atoms with Crippen molar-refractivity contribution in [3.8, 4) is 17.0 Å². The van der Waals surface area contributed by atoms with Crippen LogP contribution in [0.2, 0.25) is 0 Å². The fourth-order valence-electron chi connectivity index (χ4n) is 4.92. The molecule has 13 heteroatoms. The van der Waals surface area contributed by atoms with Crippen LogP contribution in [0, 0.1) is 6.92 Å². The van der Waals surface area contributed by atoms with Crippen LogP contribution < -0.4 is 15.4 Å². The van der Waals surface area contributed by atoms with E-state index in [1.165, 1.54) is 13.2 Å². The molecule has 0 bridgehead atoms. The number of ether oxygens (including phenoxy) is 3. The maximum absolute atomic E-state index is 13.4. The van der Waals surface area contributed by atoms with E-state index in [0.717, 1.165) is 30.5 Å². The predicted octanol–water partition coefficient (Wildman–Crippen LogP) is 6.72. The fraction of sp³-hybridized carbons (Fsp3) is 0.438. The summed E-state index contributed by atoms with van der Waals surface area (Å²) in [5.74, 6) is 0.339. The number of rotatable bonds is 8. The SMILES string of the molecule is COc1cc(C(F)(F)F)ccc1-c1nnc(N[C@@H]2CCCN(C(=O)OC(C)(C)C)C2)c(CNC(=O)OCc2ccccc2)c1C. The highest BCUT2D eigenvalue weighted by atomic mass is 19.4. The smallest absolute Gasteiger partial charge is 0.416 e. The van der Waals surface area contributed by atoms with Gasteiger partial charge in [-0.3, -0.25) is 0 Å². The zero-order valence-corrected chi connectivity index (χ0v) is 26.0. The molecule has 2 N–H and O–H groups in total. The number of anilines is 1. The van der Waals surface area contributed by atoms with Crippen molar-refractivity contribution in [2.75, 3.05) is 25.5 Å². The summed E-state index contributed by atoms with van der Waals surface area (Å²) >= 11 is 0. The zero-order valence-electron chi connectivity index (χ0n) is 26.0. The number of likely N-dealkylation sites (tertiary alicyclic amines) is 1. The van der Waals surface area contributed by atoms with E-state index in [-0.39, 0.29) is 24.9 Å². The highest BCUT2D eigenvalue weighted by Gasteiger charge is 2.32. The number of nitrogens with one attached hydrogen (secondary N) is 2. The van der Waals surface area contributed by atoms with E-state index in [9.17, 15) is 22.8 Å². The molecule has 0 unspecified atom stereocenters. The Bertz CT molecular complexity index is 1490. The maximum atomic E-state index is 13.4. The Morgan fingerprint density at radius 3 is 2.47 bits per heavy atom. The minimum absolute atomic E-state index is 0.0181. The topological polar surface area (TPSA) is 115 Å². The second kappa shape index (κ2) is 14.0. The molecule has 1 saturated heterocycles. The van der Waals surface area contributed by atoms with Crippen molar-refractivity contribution in [3.05, 3.63) is 70.8 Å². The first-order valence-electron chi connectivity index (χ1n) is 14.6. The summed E-state index contributed by atoms with van der Waals surface area (Å²) in [6.07, 6.45) is -4.17. The number of alkyl carbamates (subject to hydrolysis) is 1. The monoisotopic (exact) mass is 629 g/mol. The van der Waals surface area contributed by atoms with Gasteiger partial charge in [0.05, 0.1) is 19.2 Å². The Balaban J connectivity index is 1.61. The highest BCUT2D eigenvalue weighted by molar-refractivity contribution is 5.74. The first-order chi connectivity index (χ1) is 21.2.